The van der Waals surface area contributed by atoms with Gasteiger partial charge in [-0.1, -0.05) is 11.6 Å². The number of hydrogen-bond acceptors (Lipinski definition) is 4. The molecule has 0 fully saturated rings. The van der Waals surface area contributed by atoms with E-state index in [1.54, 1.807) is 0 Å². The summed E-state index contributed by atoms with van der Waals surface area (Å²) < 4.78 is 0. The Morgan fingerprint density at radius 2 is 1.90 bits per heavy atom. The smallest absolute Gasteiger partial charge is 0.326 e. The summed E-state index contributed by atoms with van der Waals surface area (Å²) in [6.07, 6.45) is -0.101. The molecule has 0 heterocycles. The van der Waals surface area contributed by atoms with Crippen LogP contribution in [0.25, 0.3) is 0 Å². The number of rotatable bonds is 7. The zero-order valence-electron chi connectivity index (χ0n) is 10.9. The van der Waals surface area contributed by atoms with E-state index in [4.69, 9.17) is 21.8 Å². The largest absolute Gasteiger partial charge is 0.508 e. The second-order valence-corrected chi connectivity index (χ2v) is 4.72. The standard InChI is InChI=1S/C13H14ClNO6/c14-9-5-4-7(16)6-8(9)12(19)15-10(13(20)21)2-1-3-11(17)18/h4-6,10,16H,1-3H2,(H,15,19)(H,17,18)(H,20,21)/t10-/m1/s1. The van der Waals surface area contributed by atoms with Crippen LogP contribution < -0.4 is 5.32 Å². The molecule has 0 bridgehead atoms. The fourth-order valence-electron chi connectivity index (χ4n) is 1.64. The Morgan fingerprint density at radius 1 is 1.24 bits per heavy atom. The molecular formula is C13H14ClNO6. The van der Waals surface area contributed by atoms with Gasteiger partial charge in [0.25, 0.3) is 5.91 Å². The van der Waals surface area contributed by atoms with Crippen molar-refractivity contribution in [3.63, 3.8) is 0 Å². The van der Waals surface area contributed by atoms with Gasteiger partial charge in [-0.05, 0) is 31.0 Å². The molecule has 0 aliphatic rings. The zero-order chi connectivity index (χ0) is 16.0. The number of aromatic hydroxyl groups is 1. The predicted octanol–water partition coefficient (Wildman–Crippen LogP) is 1.48. The molecule has 0 unspecified atom stereocenters. The van der Waals surface area contributed by atoms with Crippen LogP contribution in [0, 0.1) is 0 Å². The lowest BCUT2D eigenvalue weighted by Crippen LogP contribution is -2.40. The molecule has 0 aliphatic heterocycles. The number of benzene rings is 1. The quantitative estimate of drug-likeness (QED) is 0.604. The van der Waals surface area contributed by atoms with Gasteiger partial charge in [0.15, 0.2) is 0 Å². The molecule has 8 heteroatoms. The average Bonchev–Trinajstić information content (AvgIpc) is 2.39. The first-order chi connectivity index (χ1) is 9.81. The fourth-order valence-corrected chi connectivity index (χ4v) is 1.84. The van der Waals surface area contributed by atoms with Crippen LogP contribution >= 0.6 is 11.6 Å². The number of nitrogens with one attached hydrogen (secondary N) is 1. The van der Waals surface area contributed by atoms with Crippen molar-refractivity contribution in [3.05, 3.63) is 28.8 Å². The van der Waals surface area contributed by atoms with E-state index in [9.17, 15) is 19.5 Å². The van der Waals surface area contributed by atoms with Gasteiger partial charge in [-0.15, -0.1) is 0 Å². The van der Waals surface area contributed by atoms with Gasteiger partial charge in [0.05, 0.1) is 10.6 Å². The van der Waals surface area contributed by atoms with Crippen molar-refractivity contribution in [3.8, 4) is 5.75 Å². The molecule has 114 valence electrons. The first kappa shape index (κ1) is 16.8. The number of phenols is 1. The van der Waals surface area contributed by atoms with Crippen molar-refractivity contribution < 1.29 is 29.7 Å². The van der Waals surface area contributed by atoms with E-state index in [2.05, 4.69) is 5.32 Å². The molecule has 7 nitrogen and oxygen atoms in total. The predicted molar refractivity (Wildman–Crippen MR) is 73.5 cm³/mol. The highest BCUT2D eigenvalue weighted by Gasteiger charge is 2.22. The number of amides is 1. The van der Waals surface area contributed by atoms with Crippen molar-refractivity contribution in [1.29, 1.82) is 0 Å². The lowest BCUT2D eigenvalue weighted by molar-refractivity contribution is -0.140. The minimum atomic E-state index is -1.27. The summed E-state index contributed by atoms with van der Waals surface area (Å²) in [5, 5.41) is 29.2. The maximum absolute atomic E-state index is 11.9. The van der Waals surface area contributed by atoms with Gasteiger partial charge in [0.2, 0.25) is 0 Å². The number of carboxylic acid groups (broad SMARTS) is 2. The minimum absolute atomic E-state index is 0.0240. The molecule has 0 saturated heterocycles. The van der Waals surface area contributed by atoms with Gasteiger partial charge in [-0.3, -0.25) is 9.59 Å². The normalized spacial score (nSPS) is 11.7. The molecule has 21 heavy (non-hydrogen) atoms. The van der Waals surface area contributed by atoms with Crippen molar-refractivity contribution in [2.24, 2.45) is 0 Å². The molecule has 0 radical (unpaired) electrons. The third-order valence-corrected chi connectivity index (χ3v) is 3.01. The number of carbonyl (C=O) groups excluding carboxylic acids is 1. The SMILES string of the molecule is O=C(O)CCC[C@@H](NC(=O)c1cc(O)ccc1Cl)C(=O)O. The second-order valence-electron chi connectivity index (χ2n) is 4.31. The van der Waals surface area contributed by atoms with Crippen LogP contribution in [0.3, 0.4) is 0 Å². The summed E-state index contributed by atoms with van der Waals surface area (Å²) in [6, 6.07) is 2.50. The highest BCUT2D eigenvalue weighted by atomic mass is 35.5. The van der Waals surface area contributed by atoms with Gasteiger partial charge in [-0.2, -0.15) is 0 Å². The minimum Gasteiger partial charge on any atom is -0.508 e. The van der Waals surface area contributed by atoms with Gasteiger partial charge in [0.1, 0.15) is 11.8 Å². The van der Waals surface area contributed by atoms with Crippen molar-refractivity contribution in [1.82, 2.24) is 5.32 Å². The average molecular weight is 316 g/mol. The highest BCUT2D eigenvalue weighted by Crippen LogP contribution is 2.21. The number of halogens is 1. The molecule has 1 atom stereocenters. The lowest BCUT2D eigenvalue weighted by atomic mass is 10.1. The highest BCUT2D eigenvalue weighted by molar-refractivity contribution is 6.33. The van der Waals surface area contributed by atoms with Crippen molar-refractivity contribution in [2.45, 2.75) is 25.3 Å². The van der Waals surface area contributed by atoms with E-state index in [-0.39, 0.29) is 35.6 Å². The van der Waals surface area contributed by atoms with Gasteiger partial charge in [0, 0.05) is 6.42 Å². The molecule has 1 aromatic carbocycles. The molecule has 0 aromatic heterocycles. The first-order valence-electron chi connectivity index (χ1n) is 6.05. The van der Waals surface area contributed by atoms with E-state index in [1.165, 1.54) is 12.1 Å². The zero-order valence-corrected chi connectivity index (χ0v) is 11.6. The van der Waals surface area contributed by atoms with Crippen LogP contribution in [-0.4, -0.2) is 39.2 Å². The molecule has 1 aromatic rings. The molecule has 1 amide bonds. The van der Waals surface area contributed by atoms with Crippen LogP contribution in [0.2, 0.25) is 5.02 Å². The summed E-state index contributed by atoms with van der Waals surface area (Å²) in [6.45, 7) is 0. The third kappa shape index (κ3) is 5.31. The van der Waals surface area contributed by atoms with Crippen molar-refractivity contribution >= 4 is 29.4 Å². The van der Waals surface area contributed by atoms with Gasteiger partial charge < -0.3 is 20.6 Å². The number of carbonyl (C=O) groups is 3. The van der Waals surface area contributed by atoms with Crippen molar-refractivity contribution in [2.75, 3.05) is 0 Å². The van der Waals surface area contributed by atoms with E-state index in [1.807, 2.05) is 0 Å². The fraction of sp³-hybridized carbons (Fsp3) is 0.308. The second kappa shape index (κ2) is 7.49. The number of hydrogen-bond donors (Lipinski definition) is 4. The monoisotopic (exact) mass is 315 g/mol. The van der Waals surface area contributed by atoms with E-state index >= 15 is 0 Å². The van der Waals surface area contributed by atoms with Crippen LogP contribution in [0.5, 0.6) is 5.75 Å². The van der Waals surface area contributed by atoms with E-state index < -0.39 is 23.9 Å². The summed E-state index contributed by atoms with van der Waals surface area (Å²) in [7, 11) is 0. The molecule has 0 spiro atoms. The first-order valence-corrected chi connectivity index (χ1v) is 6.43. The van der Waals surface area contributed by atoms with Gasteiger partial charge in [-0.25, -0.2) is 4.79 Å². The number of phenolic OH excluding ortho intramolecular Hbond substituents is 1. The number of carboxylic acids is 2. The summed E-state index contributed by atoms with van der Waals surface area (Å²) >= 11 is 5.80. The van der Waals surface area contributed by atoms with Crippen LogP contribution in [0.4, 0.5) is 0 Å². The Labute approximate surface area is 125 Å². The van der Waals surface area contributed by atoms with E-state index in [0.29, 0.717) is 0 Å². The molecule has 4 N–H and O–H groups in total. The van der Waals surface area contributed by atoms with Gasteiger partial charge >= 0.3 is 11.9 Å². The Morgan fingerprint density at radius 3 is 2.48 bits per heavy atom. The Hall–Kier alpha value is -2.28. The Kier molecular flexibility index (Phi) is 5.98. The topological polar surface area (TPSA) is 124 Å². The molecule has 0 aliphatic carbocycles. The molecular weight excluding hydrogens is 302 g/mol. The maximum Gasteiger partial charge on any atom is 0.326 e. The third-order valence-electron chi connectivity index (χ3n) is 2.68. The molecule has 0 saturated carbocycles. The maximum atomic E-state index is 11.9. The lowest BCUT2D eigenvalue weighted by Gasteiger charge is -2.14. The van der Waals surface area contributed by atoms with Crippen LogP contribution in [-0.2, 0) is 9.59 Å². The summed E-state index contributed by atoms with van der Waals surface area (Å²) in [5.41, 5.74) is -0.0545. The van der Waals surface area contributed by atoms with Crippen LogP contribution in [0.1, 0.15) is 29.6 Å². The summed E-state index contributed by atoms with van der Waals surface area (Å²) in [4.78, 5) is 33.4. The van der Waals surface area contributed by atoms with E-state index in [0.717, 1.165) is 6.07 Å². The number of aliphatic carboxylic acids is 2. The van der Waals surface area contributed by atoms with Crippen LogP contribution in [0.15, 0.2) is 18.2 Å². The summed E-state index contributed by atoms with van der Waals surface area (Å²) in [5.74, 6) is -3.24. The molecule has 1 rings (SSSR count). The Bertz CT molecular complexity index is 560. The Balaban J connectivity index is 2.74.